The van der Waals surface area contributed by atoms with E-state index in [4.69, 9.17) is 10.2 Å². The molecule has 0 aliphatic rings. The zero-order chi connectivity index (χ0) is 13.2. The lowest BCUT2D eigenvalue weighted by Gasteiger charge is -1.92. The van der Waals surface area contributed by atoms with E-state index in [0.29, 0.717) is 13.0 Å². The van der Waals surface area contributed by atoms with Crippen molar-refractivity contribution >= 4 is 5.97 Å². The summed E-state index contributed by atoms with van der Waals surface area (Å²) in [5, 5.41) is 16.1. The summed E-state index contributed by atoms with van der Waals surface area (Å²) >= 11 is 0. The number of aliphatic carboxylic acids is 1. The molecule has 0 amide bonds. The van der Waals surface area contributed by atoms with Crippen molar-refractivity contribution in [1.82, 2.24) is 0 Å². The Balaban J connectivity index is -0.000000201. The van der Waals surface area contributed by atoms with Gasteiger partial charge in [0.15, 0.2) is 0 Å². The maximum atomic E-state index is 9.96. The van der Waals surface area contributed by atoms with Crippen molar-refractivity contribution < 1.29 is 15.0 Å². The smallest absolute Gasteiger partial charge is 0.303 e. The van der Waals surface area contributed by atoms with Crippen molar-refractivity contribution in [1.29, 1.82) is 0 Å². The van der Waals surface area contributed by atoms with Gasteiger partial charge in [0.05, 0.1) is 0 Å². The monoisotopic (exact) mass is 232 g/mol. The normalized spacial score (nSPS) is 8.00. The number of hydrogen-bond donors (Lipinski definition) is 2. The Morgan fingerprint density at radius 2 is 1.62 bits per heavy atom. The first kappa shape index (κ1) is 20.6. The van der Waals surface area contributed by atoms with Gasteiger partial charge in [-0.25, -0.2) is 0 Å². The fourth-order valence-electron chi connectivity index (χ4n) is 0.703. The van der Waals surface area contributed by atoms with Gasteiger partial charge in [-0.2, -0.15) is 0 Å². The number of aliphatic hydroxyl groups excluding tert-OH is 1. The molecule has 0 aromatic carbocycles. The van der Waals surface area contributed by atoms with Crippen molar-refractivity contribution in [2.75, 3.05) is 6.61 Å². The Bertz CT molecular complexity index is 131. The average molecular weight is 232 g/mol. The van der Waals surface area contributed by atoms with E-state index >= 15 is 0 Å². The maximum Gasteiger partial charge on any atom is 0.303 e. The lowest BCUT2D eigenvalue weighted by molar-refractivity contribution is -0.137. The molecule has 0 saturated carbocycles. The van der Waals surface area contributed by atoms with Crippen LogP contribution in [0.15, 0.2) is 12.7 Å². The Kier molecular flexibility index (Phi) is 30.5. The van der Waals surface area contributed by atoms with Crippen LogP contribution in [0.5, 0.6) is 0 Å². The third-order valence-corrected chi connectivity index (χ3v) is 1.47. The highest BCUT2D eigenvalue weighted by Crippen LogP contribution is 2.01. The summed E-state index contributed by atoms with van der Waals surface area (Å²) in [6.07, 6.45) is 7.18. The van der Waals surface area contributed by atoms with Crippen LogP contribution >= 0.6 is 0 Å². The van der Waals surface area contributed by atoms with E-state index in [-0.39, 0.29) is 0 Å². The number of allylic oxidation sites excluding steroid dienone is 1. The number of rotatable bonds is 6. The highest BCUT2D eigenvalue weighted by atomic mass is 16.4. The summed E-state index contributed by atoms with van der Waals surface area (Å²) in [5.41, 5.74) is 0. The van der Waals surface area contributed by atoms with Crippen molar-refractivity contribution in [3.05, 3.63) is 12.7 Å². The zero-order valence-electron chi connectivity index (χ0n) is 11.0. The molecule has 16 heavy (non-hydrogen) atoms. The molecule has 0 unspecified atom stereocenters. The molecule has 0 saturated heterocycles. The Morgan fingerprint density at radius 3 is 1.88 bits per heavy atom. The summed E-state index contributed by atoms with van der Waals surface area (Å²) in [5.74, 6) is -0.675. The molecule has 0 radical (unpaired) electrons. The molecule has 98 valence electrons. The lowest BCUT2D eigenvalue weighted by atomic mass is 10.2. The molecule has 0 spiro atoms. The molecule has 0 bridgehead atoms. The van der Waals surface area contributed by atoms with Gasteiger partial charge in [0.25, 0.3) is 0 Å². The van der Waals surface area contributed by atoms with Crippen LogP contribution in [0.4, 0.5) is 0 Å². The summed E-state index contributed by atoms with van der Waals surface area (Å²) < 4.78 is 0. The molecule has 0 aliphatic heterocycles. The van der Waals surface area contributed by atoms with Crippen molar-refractivity contribution in [3.63, 3.8) is 0 Å². The summed E-state index contributed by atoms with van der Waals surface area (Å²) in [6.45, 7) is 9.61. The molecule has 0 atom stereocenters. The molecule has 0 heterocycles. The fraction of sp³-hybridized carbons (Fsp3) is 0.769. The molecule has 0 fully saturated rings. The molecular weight excluding hydrogens is 204 g/mol. The van der Waals surface area contributed by atoms with Crippen LogP contribution in [0, 0.1) is 0 Å². The van der Waals surface area contributed by atoms with Crippen LogP contribution in [-0.2, 0) is 4.79 Å². The molecule has 3 heteroatoms. The van der Waals surface area contributed by atoms with Gasteiger partial charge in [-0.1, -0.05) is 39.2 Å². The predicted octanol–water partition coefficient (Wildman–Crippen LogP) is 3.62. The van der Waals surface area contributed by atoms with Crippen LogP contribution in [0.1, 0.15) is 59.3 Å². The Hall–Kier alpha value is -0.830. The summed E-state index contributed by atoms with van der Waals surface area (Å²) in [7, 11) is 0. The largest absolute Gasteiger partial charge is 0.481 e. The highest BCUT2D eigenvalue weighted by molar-refractivity contribution is 5.66. The van der Waals surface area contributed by atoms with Crippen LogP contribution in [-0.4, -0.2) is 22.8 Å². The van der Waals surface area contributed by atoms with Gasteiger partial charge in [0, 0.05) is 13.0 Å². The number of carboxylic acid groups (broad SMARTS) is 1. The van der Waals surface area contributed by atoms with Gasteiger partial charge < -0.3 is 10.2 Å². The van der Waals surface area contributed by atoms with Gasteiger partial charge >= 0.3 is 5.97 Å². The predicted molar refractivity (Wildman–Crippen MR) is 69.6 cm³/mol. The molecule has 0 aromatic heterocycles. The van der Waals surface area contributed by atoms with Crippen molar-refractivity contribution in [3.8, 4) is 0 Å². The van der Waals surface area contributed by atoms with Crippen molar-refractivity contribution in [2.24, 2.45) is 0 Å². The minimum Gasteiger partial charge on any atom is -0.481 e. The average Bonchev–Trinajstić information content (AvgIpc) is 2.26. The molecular formula is C13H28O3. The van der Waals surface area contributed by atoms with Crippen LogP contribution in [0.3, 0.4) is 0 Å². The highest BCUT2D eigenvalue weighted by Gasteiger charge is 1.93. The van der Waals surface area contributed by atoms with Gasteiger partial charge in [-0.3, -0.25) is 4.79 Å². The van der Waals surface area contributed by atoms with Crippen LogP contribution in [0.2, 0.25) is 0 Å². The minimum atomic E-state index is -0.675. The van der Waals surface area contributed by atoms with Gasteiger partial charge in [0.1, 0.15) is 0 Å². The van der Waals surface area contributed by atoms with E-state index in [1.807, 2.05) is 13.8 Å². The number of unbranched alkanes of at least 4 members (excludes halogenated alkanes) is 3. The molecule has 0 aliphatic carbocycles. The first-order valence-corrected chi connectivity index (χ1v) is 6.00. The van der Waals surface area contributed by atoms with Crippen molar-refractivity contribution in [2.45, 2.75) is 59.3 Å². The Labute approximate surface area is 100 Å². The van der Waals surface area contributed by atoms with E-state index in [2.05, 4.69) is 13.5 Å². The molecule has 2 N–H and O–H groups in total. The SMILES string of the molecule is C=CC.CCCCCCC(=O)O.CCCO. The molecule has 3 nitrogen and oxygen atoms in total. The van der Waals surface area contributed by atoms with E-state index in [1.54, 1.807) is 6.08 Å². The van der Waals surface area contributed by atoms with Crippen LogP contribution in [0.25, 0.3) is 0 Å². The fourth-order valence-corrected chi connectivity index (χ4v) is 0.703. The van der Waals surface area contributed by atoms with E-state index in [0.717, 1.165) is 25.7 Å². The number of hydrogen-bond acceptors (Lipinski definition) is 2. The number of carbonyl (C=O) groups is 1. The van der Waals surface area contributed by atoms with E-state index < -0.39 is 5.97 Å². The standard InChI is InChI=1S/C7H14O2.C3H8O.C3H6/c1-2-3-4-5-6-7(8)9;1-2-3-4;1-3-2/h2-6H2,1H3,(H,8,9);4H,2-3H2,1H3;3H,1H2,2H3. The van der Waals surface area contributed by atoms with Gasteiger partial charge in [-0.05, 0) is 19.8 Å². The quantitative estimate of drug-likeness (QED) is 0.543. The molecule has 0 aromatic rings. The summed E-state index contributed by atoms with van der Waals surface area (Å²) in [6, 6.07) is 0. The third kappa shape index (κ3) is 51.2. The molecule has 0 rings (SSSR count). The zero-order valence-corrected chi connectivity index (χ0v) is 11.0. The van der Waals surface area contributed by atoms with Gasteiger partial charge in [-0.15, -0.1) is 6.58 Å². The number of carboxylic acids is 1. The second-order valence-electron chi connectivity index (χ2n) is 3.34. The number of aliphatic hydroxyl groups is 1. The first-order chi connectivity index (χ1) is 7.60. The lowest BCUT2D eigenvalue weighted by Crippen LogP contribution is -1.92. The minimum absolute atomic E-state index is 0.319. The Morgan fingerprint density at radius 1 is 1.19 bits per heavy atom. The van der Waals surface area contributed by atoms with Crippen LogP contribution < -0.4 is 0 Å². The second kappa shape index (κ2) is 23.8. The third-order valence-electron chi connectivity index (χ3n) is 1.47. The van der Waals surface area contributed by atoms with E-state index in [1.165, 1.54) is 6.42 Å². The second-order valence-corrected chi connectivity index (χ2v) is 3.34. The van der Waals surface area contributed by atoms with Gasteiger partial charge in [0.2, 0.25) is 0 Å². The summed E-state index contributed by atoms with van der Waals surface area (Å²) in [4.78, 5) is 9.96. The topological polar surface area (TPSA) is 57.5 Å². The first-order valence-electron chi connectivity index (χ1n) is 6.00. The maximum absolute atomic E-state index is 9.96. The van der Waals surface area contributed by atoms with E-state index in [9.17, 15) is 4.79 Å².